The smallest absolute Gasteiger partial charge is 0.302 e. The van der Waals surface area contributed by atoms with Gasteiger partial charge in [-0.1, -0.05) is 0 Å². The fourth-order valence-electron chi connectivity index (χ4n) is 1.39. The van der Waals surface area contributed by atoms with Gasteiger partial charge in [-0.2, -0.15) is 0 Å². The maximum atomic E-state index is 10.5. The minimum atomic E-state index is -0.275. The third-order valence-electron chi connectivity index (χ3n) is 2.42. The molecule has 1 saturated heterocycles. The van der Waals surface area contributed by atoms with Crippen molar-refractivity contribution in [1.29, 1.82) is 0 Å². The van der Waals surface area contributed by atoms with E-state index >= 15 is 0 Å². The van der Waals surface area contributed by atoms with Crippen molar-refractivity contribution in [3.8, 4) is 0 Å². The minimum Gasteiger partial charge on any atom is -0.463 e. The predicted molar refractivity (Wildman–Crippen MR) is 70.8 cm³/mol. The molecule has 6 heteroatoms. The van der Waals surface area contributed by atoms with Gasteiger partial charge in [-0.05, 0) is 13.3 Å². The Morgan fingerprint density at radius 3 is 2.26 bits per heavy atom. The van der Waals surface area contributed by atoms with E-state index in [0.29, 0.717) is 38.9 Å². The molecule has 1 amide bonds. The zero-order chi connectivity index (χ0) is 14.5. The highest BCUT2D eigenvalue weighted by Gasteiger charge is 2.14. The number of carbonyl (C=O) groups is 2. The van der Waals surface area contributed by atoms with Crippen LogP contribution in [0, 0.1) is 0 Å². The van der Waals surface area contributed by atoms with Crippen molar-refractivity contribution in [2.75, 3.05) is 46.6 Å². The number of nitrogens with zero attached hydrogens (tertiary/aromatic N) is 1. The van der Waals surface area contributed by atoms with Gasteiger partial charge in [0.05, 0.1) is 19.8 Å². The van der Waals surface area contributed by atoms with Gasteiger partial charge in [0.15, 0.2) is 0 Å². The van der Waals surface area contributed by atoms with E-state index in [4.69, 9.17) is 9.47 Å². The van der Waals surface area contributed by atoms with Crippen LogP contribution in [0.4, 0.5) is 0 Å². The number of hydrogen-bond donors (Lipinski definition) is 0. The minimum absolute atomic E-state index is 0.275. The molecule has 0 aromatic heterocycles. The van der Waals surface area contributed by atoms with E-state index in [1.165, 1.54) is 6.92 Å². The van der Waals surface area contributed by atoms with Gasteiger partial charge in [-0.15, -0.1) is 0 Å². The summed E-state index contributed by atoms with van der Waals surface area (Å²) < 4.78 is 14.8. The summed E-state index contributed by atoms with van der Waals surface area (Å²) in [5.74, 6) is 0.0170. The van der Waals surface area contributed by atoms with Crippen molar-refractivity contribution in [3.05, 3.63) is 0 Å². The molecule has 6 nitrogen and oxygen atoms in total. The van der Waals surface area contributed by atoms with Gasteiger partial charge >= 0.3 is 5.97 Å². The molecule has 1 aliphatic heterocycles. The number of ether oxygens (including phenoxy) is 3. The molecule has 1 fully saturated rings. The highest BCUT2D eigenvalue weighted by atomic mass is 16.6. The molecular formula is C13H25NO5. The first-order chi connectivity index (χ1) is 9.07. The van der Waals surface area contributed by atoms with Gasteiger partial charge in [0.2, 0.25) is 5.91 Å². The lowest BCUT2D eigenvalue weighted by Crippen LogP contribution is -2.17. The van der Waals surface area contributed by atoms with Gasteiger partial charge in [0, 0.05) is 33.5 Å². The lowest BCUT2D eigenvalue weighted by atomic mass is 10.4. The Morgan fingerprint density at radius 2 is 1.84 bits per heavy atom. The van der Waals surface area contributed by atoms with Crippen LogP contribution >= 0.6 is 0 Å². The van der Waals surface area contributed by atoms with Crippen LogP contribution in [0.15, 0.2) is 0 Å². The summed E-state index contributed by atoms with van der Waals surface area (Å²) in [5, 5.41) is 0. The highest BCUT2D eigenvalue weighted by Crippen LogP contribution is 2.04. The SMILES string of the molecule is CCOCCOCCOC(C)=O.CN1CCCC1=O. The van der Waals surface area contributed by atoms with Crippen LogP contribution in [0.1, 0.15) is 26.7 Å². The second-order valence-electron chi connectivity index (χ2n) is 4.07. The average molecular weight is 275 g/mol. The molecule has 0 aromatic carbocycles. The molecule has 112 valence electrons. The van der Waals surface area contributed by atoms with E-state index in [-0.39, 0.29) is 5.97 Å². The van der Waals surface area contributed by atoms with E-state index < -0.39 is 0 Å². The predicted octanol–water partition coefficient (Wildman–Crippen LogP) is 0.841. The second kappa shape index (κ2) is 11.9. The molecule has 0 unspecified atom stereocenters. The number of amides is 1. The molecule has 0 radical (unpaired) electrons. The Morgan fingerprint density at radius 1 is 1.21 bits per heavy atom. The molecule has 0 aliphatic carbocycles. The molecule has 1 heterocycles. The summed E-state index contributed by atoms with van der Waals surface area (Å²) in [5.41, 5.74) is 0. The Labute approximate surface area is 115 Å². The van der Waals surface area contributed by atoms with Crippen molar-refractivity contribution in [1.82, 2.24) is 4.90 Å². The van der Waals surface area contributed by atoms with Crippen molar-refractivity contribution >= 4 is 11.9 Å². The number of carbonyl (C=O) groups excluding carboxylic acids is 2. The molecule has 0 atom stereocenters. The normalized spacial score (nSPS) is 14.1. The Kier molecular flexibility index (Phi) is 11.2. The quantitative estimate of drug-likeness (QED) is 0.509. The summed E-state index contributed by atoms with van der Waals surface area (Å²) in [6, 6.07) is 0. The monoisotopic (exact) mass is 275 g/mol. The van der Waals surface area contributed by atoms with E-state index in [0.717, 1.165) is 19.4 Å². The van der Waals surface area contributed by atoms with Gasteiger partial charge < -0.3 is 19.1 Å². The van der Waals surface area contributed by atoms with E-state index in [1.54, 1.807) is 4.90 Å². The molecule has 0 bridgehead atoms. The maximum Gasteiger partial charge on any atom is 0.302 e. The van der Waals surface area contributed by atoms with Crippen molar-refractivity contribution < 1.29 is 23.8 Å². The van der Waals surface area contributed by atoms with Gasteiger partial charge in [0.1, 0.15) is 6.61 Å². The lowest BCUT2D eigenvalue weighted by molar-refractivity contribution is -0.142. The zero-order valence-electron chi connectivity index (χ0n) is 12.1. The fourth-order valence-corrected chi connectivity index (χ4v) is 1.39. The molecule has 0 saturated carbocycles. The fraction of sp³-hybridized carbons (Fsp3) is 0.846. The summed E-state index contributed by atoms with van der Waals surface area (Å²) in [6.45, 7) is 6.87. The summed E-state index contributed by atoms with van der Waals surface area (Å²) in [4.78, 5) is 22.5. The Hall–Kier alpha value is -1.14. The molecular weight excluding hydrogens is 250 g/mol. The number of hydrogen-bond acceptors (Lipinski definition) is 5. The summed E-state index contributed by atoms with van der Waals surface area (Å²) >= 11 is 0. The molecule has 1 rings (SSSR count). The molecule has 1 aliphatic rings. The van der Waals surface area contributed by atoms with E-state index in [2.05, 4.69) is 4.74 Å². The maximum absolute atomic E-state index is 10.5. The average Bonchev–Trinajstić information content (AvgIpc) is 2.73. The van der Waals surface area contributed by atoms with Crippen LogP contribution in [-0.4, -0.2) is 63.4 Å². The van der Waals surface area contributed by atoms with Crippen LogP contribution < -0.4 is 0 Å². The van der Waals surface area contributed by atoms with Crippen LogP contribution in [0.25, 0.3) is 0 Å². The molecule has 0 N–H and O–H groups in total. The third-order valence-corrected chi connectivity index (χ3v) is 2.42. The molecule has 0 aromatic rings. The van der Waals surface area contributed by atoms with Gasteiger partial charge in [-0.3, -0.25) is 9.59 Å². The number of rotatable bonds is 7. The van der Waals surface area contributed by atoms with Crippen LogP contribution in [0.3, 0.4) is 0 Å². The summed E-state index contributed by atoms with van der Waals surface area (Å²) in [7, 11) is 1.84. The van der Waals surface area contributed by atoms with Crippen molar-refractivity contribution in [2.24, 2.45) is 0 Å². The lowest BCUT2D eigenvalue weighted by Gasteiger charge is -2.03. The molecule has 19 heavy (non-hydrogen) atoms. The van der Waals surface area contributed by atoms with Crippen LogP contribution in [-0.2, 0) is 23.8 Å². The van der Waals surface area contributed by atoms with Gasteiger partial charge in [-0.25, -0.2) is 0 Å². The third kappa shape index (κ3) is 11.7. The van der Waals surface area contributed by atoms with E-state index in [1.807, 2.05) is 14.0 Å². The van der Waals surface area contributed by atoms with Crippen molar-refractivity contribution in [2.45, 2.75) is 26.7 Å². The Bertz CT molecular complexity index is 257. The summed E-state index contributed by atoms with van der Waals surface area (Å²) in [6.07, 6.45) is 1.81. The van der Waals surface area contributed by atoms with E-state index in [9.17, 15) is 9.59 Å². The van der Waals surface area contributed by atoms with Crippen LogP contribution in [0.2, 0.25) is 0 Å². The van der Waals surface area contributed by atoms with Crippen LogP contribution in [0.5, 0.6) is 0 Å². The first-order valence-corrected chi connectivity index (χ1v) is 6.60. The van der Waals surface area contributed by atoms with Gasteiger partial charge in [0.25, 0.3) is 0 Å². The van der Waals surface area contributed by atoms with Crippen molar-refractivity contribution in [3.63, 3.8) is 0 Å². The first kappa shape index (κ1) is 17.9. The second-order valence-corrected chi connectivity index (χ2v) is 4.07. The Balaban J connectivity index is 0.000000388. The number of esters is 1. The number of likely N-dealkylation sites (tertiary alicyclic amines) is 1. The highest BCUT2D eigenvalue weighted by molar-refractivity contribution is 5.77. The topological polar surface area (TPSA) is 65.1 Å². The molecule has 0 spiro atoms. The zero-order valence-corrected chi connectivity index (χ0v) is 12.1. The largest absolute Gasteiger partial charge is 0.463 e. The standard InChI is InChI=1S/C8H16O4.C5H9NO/c1-3-10-4-5-11-6-7-12-8(2)9;1-6-4-2-3-5(6)7/h3-7H2,1-2H3;2-4H2,1H3. The first-order valence-electron chi connectivity index (χ1n) is 6.60.